The number of rotatable bonds is 3. The third kappa shape index (κ3) is 3.80. The summed E-state index contributed by atoms with van der Waals surface area (Å²) in [6.07, 6.45) is 2.15. The predicted octanol–water partition coefficient (Wildman–Crippen LogP) is 3.85. The van der Waals surface area contributed by atoms with E-state index in [4.69, 9.17) is 4.74 Å². The zero-order valence-corrected chi connectivity index (χ0v) is 14.0. The van der Waals surface area contributed by atoms with Crippen molar-refractivity contribution < 1.29 is 9.53 Å². The first kappa shape index (κ1) is 15.0. The van der Waals surface area contributed by atoms with Crippen molar-refractivity contribution in [3.63, 3.8) is 0 Å². The molecule has 19 heavy (non-hydrogen) atoms. The van der Waals surface area contributed by atoms with Gasteiger partial charge in [0, 0.05) is 28.6 Å². The van der Waals surface area contributed by atoms with Crippen LogP contribution in [0.1, 0.15) is 30.1 Å². The first-order valence-corrected chi connectivity index (χ1v) is 8.06. The number of benzene rings is 1. The molecule has 1 saturated heterocycles. The zero-order valence-electron chi connectivity index (χ0n) is 10.9. The van der Waals surface area contributed by atoms with Crippen LogP contribution in [-0.2, 0) is 4.74 Å². The van der Waals surface area contributed by atoms with Crippen LogP contribution in [0.5, 0.6) is 0 Å². The van der Waals surface area contributed by atoms with Crippen molar-refractivity contribution in [3.05, 3.63) is 32.7 Å². The second-order valence-electron chi connectivity index (χ2n) is 4.57. The van der Waals surface area contributed by atoms with Crippen molar-refractivity contribution in [2.45, 2.75) is 25.9 Å². The van der Waals surface area contributed by atoms with Crippen LogP contribution < -0.4 is 0 Å². The van der Waals surface area contributed by atoms with Gasteiger partial charge in [-0.05, 0) is 53.9 Å². The van der Waals surface area contributed by atoms with Gasteiger partial charge in [0.1, 0.15) is 0 Å². The van der Waals surface area contributed by atoms with Crippen molar-refractivity contribution in [2.75, 3.05) is 19.7 Å². The molecule has 0 radical (unpaired) electrons. The number of amides is 1. The van der Waals surface area contributed by atoms with E-state index < -0.39 is 0 Å². The van der Waals surface area contributed by atoms with E-state index in [0.29, 0.717) is 11.7 Å². The minimum Gasteiger partial charge on any atom is -0.378 e. The van der Waals surface area contributed by atoms with Gasteiger partial charge in [-0.2, -0.15) is 0 Å². The molecule has 5 heteroatoms. The summed E-state index contributed by atoms with van der Waals surface area (Å²) in [4.78, 5) is 14.4. The fourth-order valence-corrected chi connectivity index (χ4v) is 3.07. The molecule has 0 aliphatic carbocycles. The summed E-state index contributed by atoms with van der Waals surface area (Å²) in [5.74, 6) is 0.0862. The van der Waals surface area contributed by atoms with Gasteiger partial charge in [-0.1, -0.05) is 15.9 Å². The standard InChI is InChI=1S/C14H17Br2NO2/c1-2-19-11-5-7-17(8-6-11)14(18)12-9-10(15)3-4-13(12)16/h3-4,9,11H,2,5-8H2,1H3. The van der Waals surface area contributed by atoms with Gasteiger partial charge in [0.2, 0.25) is 0 Å². The molecule has 0 saturated carbocycles. The van der Waals surface area contributed by atoms with Gasteiger partial charge in [-0.15, -0.1) is 0 Å². The summed E-state index contributed by atoms with van der Waals surface area (Å²) in [6.45, 7) is 4.29. The molecular weight excluding hydrogens is 374 g/mol. The minimum absolute atomic E-state index is 0.0862. The van der Waals surface area contributed by atoms with Gasteiger partial charge >= 0.3 is 0 Å². The number of hydrogen-bond donors (Lipinski definition) is 0. The number of hydrogen-bond acceptors (Lipinski definition) is 2. The molecule has 104 valence electrons. The maximum atomic E-state index is 12.5. The van der Waals surface area contributed by atoms with E-state index in [1.54, 1.807) is 0 Å². The SMILES string of the molecule is CCOC1CCN(C(=O)c2cc(Br)ccc2Br)CC1. The minimum atomic E-state index is 0.0862. The van der Waals surface area contributed by atoms with Crippen molar-refractivity contribution in [1.29, 1.82) is 0 Å². The van der Waals surface area contributed by atoms with E-state index in [2.05, 4.69) is 31.9 Å². The largest absolute Gasteiger partial charge is 0.378 e. The van der Waals surface area contributed by atoms with E-state index in [-0.39, 0.29) is 5.91 Å². The molecule has 1 aliphatic heterocycles. The molecule has 0 aromatic heterocycles. The average molecular weight is 391 g/mol. The maximum absolute atomic E-state index is 12.5. The second-order valence-corrected chi connectivity index (χ2v) is 6.34. The molecule has 0 unspecified atom stereocenters. The molecule has 1 aliphatic rings. The molecule has 1 fully saturated rings. The Labute approximate surface area is 130 Å². The van der Waals surface area contributed by atoms with E-state index in [1.165, 1.54) is 0 Å². The lowest BCUT2D eigenvalue weighted by atomic mass is 10.1. The smallest absolute Gasteiger partial charge is 0.255 e. The van der Waals surface area contributed by atoms with E-state index in [0.717, 1.165) is 41.5 Å². The summed E-state index contributed by atoms with van der Waals surface area (Å²) in [7, 11) is 0. The molecule has 0 atom stereocenters. The fourth-order valence-electron chi connectivity index (χ4n) is 2.29. The van der Waals surface area contributed by atoms with Crippen molar-refractivity contribution >= 4 is 37.8 Å². The number of halogens is 2. The molecule has 0 N–H and O–H groups in total. The highest BCUT2D eigenvalue weighted by atomic mass is 79.9. The van der Waals surface area contributed by atoms with Gasteiger partial charge in [-0.3, -0.25) is 4.79 Å². The summed E-state index contributed by atoms with van der Waals surface area (Å²) in [5.41, 5.74) is 0.712. The lowest BCUT2D eigenvalue weighted by Crippen LogP contribution is -2.41. The Bertz CT molecular complexity index is 457. The summed E-state index contributed by atoms with van der Waals surface area (Å²) in [5, 5.41) is 0. The number of piperidine rings is 1. The van der Waals surface area contributed by atoms with Gasteiger partial charge in [0.05, 0.1) is 11.7 Å². The number of carbonyl (C=O) groups excluding carboxylic acids is 1. The Morgan fingerprint density at radius 2 is 2.05 bits per heavy atom. The van der Waals surface area contributed by atoms with E-state index >= 15 is 0 Å². The van der Waals surface area contributed by atoms with Gasteiger partial charge in [0.15, 0.2) is 0 Å². The van der Waals surface area contributed by atoms with Crippen LogP contribution in [0.3, 0.4) is 0 Å². The van der Waals surface area contributed by atoms with Crippen LogP contribution in [0.25, 0.3) is 0 Å². The molecule has 1 aromatic rings. The first-order valence-electron chi connectivity index (χ1n) is 6.47. The number of carbonyl (C=O) groups is 1. The van der Waals surface area contributed by atoms with Gasteiger partial charge in [0.25, 0.3) is 5.91 Å². The Morgan fingerprint density at radius 3 is 2.68 bits per heavy atom. The topological polar surface area (TPSA) is 29.5 Å². The third-order valence-electron chi connectivity index (χ3n) is 3.29. The zero-order chi connectivity index (χ0) is 13.8. The van der Waals surface area contributed by atoms with Crippen LogP contribution in [-0.4, -0.2) is 36.6 Å². The quantitative estimate of drug-likeness (QED) is 0.784. The Hall–Kier alpha value is -0.390. The maximum Gasteiger partial charge on any atom is 0.255 e. The molecule has 1 aromatic carbocycles. The highest BCUT2D eigenvalue weighted by Gasteiger charge is 2.24. The summed E-state index contributed by atoms with van der Waals surface area (Å²) in [6, 6.07) is 5.67. The van der Waals surface area contributed by atoms with Crippen LogP contribution in [0, 0.1) is 0 Å². The summed E-state index contributed by atoms with van der Waals surface area (Å²) < 4.78 is 7.36. The molecular formula is C14H17Br2NO2. The molecule has 2 rings (SSSR count). The average Bonchev–Trinajstić information content (AvgIpc) is 2.42. The summed E-state index contributed by atoms with van der Waals surface area (Å²) >= 11 is 6.85. The predicted molar refractivity (Wildman–Crippen MR) is 82.4 cm³/mol. The fraction of sp³-hybridized carbons (Fsp3) is 0.500. The van der Waals surface area contributed by atoms with Crippen LogP contribution in [0.2, 0.25) is 0 Å². The Kier molecular flexibility index (Phi) is 5.42. The van der Waals surface area contributed by atoms with Crippen molar-refractivity contribution in [1.82, 2.24) is 4.90 Å². The first-order chi connectivity index (χ1) is 9.11. The second kappa shape index (κ2) is 6.86. The molecule has 1 amide bonds. The van der Waals surface area contributed by atoms with Crippen LogP contribution in [0.4, 0.5) is 0 Å². The highest BCUT2D eigenvalue weighted by Crippen LogP contribution is 2.24. The molecule has 0 bridgehead atoms. The Morgan fingerprint density at radius 1 is 1.37 bits per heavy atom. The third-order valence-corrected chi connectivity index (χ3v) is 4.48. The Balaban J connectivity index is 2.03. The molecule has 1 heterocycles. The van der Waals surface area contributed by atoms with E-state index in [9.17, 15) is 4.79 Å². The van der Waals surface area contributed by atoms with Gasteiger partial charge in [-0.25, -0.2) is 0 Å². The number of nitrogens with zero attached hydrogens (tertiary/aromatic N) is 1. The van der Waals surface area contributed by atoms with Crippen LogP contribution in [0.15, 0.2) is 27.1 Å². The monoisotopic (exact) mass is 389 g/mol. The lowest BCUT2D eigenvalue weighted by Gasteiger charge is -2.32. The lowest BCUT2D eigenvalue weighted by molar-refractivity contribution is 0.0146. The molecule has 3 nitrogen and oxygen atoms in total. The number of ether oxygens (including phenoxy) is 1. The van der Waals surface area contributed by atoms with Gasteiger partial charge < -0.3 is 9.64 Å². The highest BCUT2D eigenvalue weighted by molar-refractivity contribution is 9.11. The van der Waals surface area contributed by atoms with Crippen LogP contribution >= 0.6 is 31.9 Å². The normalized spacial score (nSPS) is 16.7. The molecule has 0 spiro atoms. The van der Waals surface area contributed by atoms with Crippen molar-refractivity contribution in [3.8, 4) is 0 Å². The van der Waals surface area contributed by atoms with E-state index in [1.807, 2.05) is 30.0 Å². The number of likely N-dealkylation sites (tertiary alicyclic amines) is 1. The van der Waals surface area contributed by atoms with Crippen molar-refractivity contribution in [2.24, 2.45) is 0 Å².